The lowest BCUT2D eigenvalue weighted by Crippen LogP contribution is -2.62. The van der Waals surface area contributed by atoms with Crippen molar-refractivity contribution in [1.82, 2.24) is 9.97 Å². The first-order chi connectivity index (χ1) is 10.2. The molecule has 1 spiro atoms. The van der Waals surface area contributed by atoms with Crippen molar-refractivity contribution < 1.29 is 9.84 Å². The number of hydrogen-bond acceptors (Lipinski definition) is 5. The van der Waals surface area contributed by atoms with Gasteiger partial charge in [-0.2, -0.15) is 0 Å². The van der Waals surface area contributed by atoms with Gasteiger partial charge >= 0.3 is 0 Å². The number of nitrogens with zero attached hydrogens (tertiary/aromatic N) is 3. The SMILES string of the molecule is CO[C@H]1C[C@@H](O)C12CCN(c1ncnc3c1CCC3)CC2. The minimum Gasteiger partial charge on any atom is -0.392 e. The van der Waals surface area contributed by atoms with Gasteiger partial charge < -0.3 is 14.7 Å². The molecule has 1 saturated carbocycles. The Morgan fingerprint density at radius 1 is 1.29 bits per heavy atom. The average molecular weight is 289 g/mol. The molecule has 2 fully saturated rings. The molecule has 5 nitrogen and oxygen atoms in total. The van der Waals surface area contributed by atoms with E-state index in [2.05, 4.69) is 14.9 Å². The third-order valence-corrected chi connectivity index (χ3v) is 5.87. The molecule has 0 radical (unpaired) electrons. The second-order valence-electron chi connectivity index (χ2n) is 6.67. The molecule has 0 aromatic carbocycles. The van der Waals surface area contributed by atoms with Gasteiger partial charge in [0.2, 0.25) is 0 Å². The van der Waals surface area contributed by atoms with Crippen molar-refractivity contribution in [2.45, 2.75) is 50.7 Å². The summed E-state index contributed by atoms with van der Waals surface area (Å²) in [6.07, 6.45) is 7.91. The molecule has 1 N–H and O–H groups in total. The first-order valence-electron chi connectivity index (χ1n) is 8.03. The van der Waals surface area contributed by atoms with Gasteiger partial charge in [0.25, 0.3) is 0 Å². The summed E-state index contributed by atoms with van der Waals surface area (Å²) in [5.41, 5.74) is 2.58. The molecule has 0 amide bonds. The standard InChI is InChI=1S/C16H23N3O2/c1-21-14-9-13(20)16(14)5-7-19(8-6-16)15-11-3-2-4-12(11)17-10-18-15/h10,13-14,20H,2-9H2,1H3/t13-,14+/m1/s1. The Morgan fingerprint density at radius 3 is 2.81 bits per heavy atom. The van der Waals surface area contributed by atoms with Crippen LogP contribution in [0.5, 0.6) is 0 Å². The second kappa shape index (κ2) is 4.92. The van der Waals surface area contributed by atoms with Crippen molar-refractivity contribution in [2.24, 2.45) is 5.41 Å². The highest BCUT2D eigenvalue weighted by atomic mass is 16.5. The first-order valence-corrected chi connectivity index (χ1v) is 8.03. The van der Waals surface area contributed by atoms with Gasteiger partial charge in [0, 0.05) is 43.3 Å². The first kappa shape index (κ1) is 13.5. The van der Waals surface area contributed by atoms with E-state index in [1.54, 1.807) is 13.4 Å². The second-order valence-corrected chi connectivity index (χ2v) is 6.67. The Morgan fingerprint density at radius 2 is 2.10 bits per heavy atom. The molecule has 114 valence electrons. The van der Waals surface area contributed by atoms with E-state index in [1.165, 1.54) is 17.7 Å². The van der Waals surface area contributed by atoms with Crippen LogP contribution in [0.3, 0.4) is 0 Å². The number of anilines is 1. The number of rotatable bonds is 2. The molecule has 21 heavy (non-hydrogen) atoms. The summed E-state index contributed by atoms with van der Waals surface area (Å²) in [7, 11) is 1.77. The number of aryl methyl sites for hydroxylation is 1. The van der Waals surface area contributed by atoms with E-state index < -0.39 is 0 Å². The molecule has 3 aliphatic rings. The fraction of sp³-hybridized carbons (Fsp3) is 0.750. The number of hydrogen-bond donors (Lipinski definition) is 1. The van der Waals surface area contributed by atoms with Crippen LogP contribution in [0.25, 0.3) is 0 Å². The molecule has 4 rings (SSSR count). The zero-order valence-corrected chi connectivity index (χ0v) is 12.6. The Balaban J connectivity index is 1.52. The van der Waals surface area contributed by atoms with Crippen LogP contribution in [0, 0.1) is 5.41 Å². The molecule has 1 aromatic heterocycles. The van der Waals surface area contributed by atoms with Crippen molar-refractivity contribution in [1.29, 1.82) is 0 Å². The maximum atomic E-state index is 10.2. The summed E-state index contributed by atoms with van der Waals surface area (Å²) < 4.78 is 5.56. The lowest BCUT2D eigenvalue weighted by molar-refractivity contribution is -0.190. The molecule has 1 saturated heterocycles. The molecule has 1 aromatic rings. The van der Waals surface area contributed by atoms with Crippen molar-refractivity contribution in [3.63, 3.8) is 0 Å². The number of ether oxygens (including phenoxy) is 1. The summed E-state index contributed by atoms with van der Waals surface area (Å²) >= 11 is 0. The van der Waals surface area contributed by atoms with E-state index in [9.17, 15) is 5.11 Å². The molecule has 1 aliphatic heterocycles. The van der Waals surface area contributed by atoms with Crippen molar-refractivity contribution >= 4 is 5.82 Å². The summed E-state index contributed by atoms with van der Waals surface area (Å²) in [6.45, 7) is 1.92. The van der Waals surface area contributed by atoms with Crippen LogP contribution in [0.2, 0.25) is 0 Å². The van der Waals surface area contributed by atoms with Crippen LogP contribution >= 0.6 is 0 Å². The van der Waals surface area contributed by atoms with Gasteiger partial charge in [0.05, 0.1) is 12.2 Å². The average Bonchev–Trinajstić information content (AvgIpc) is 3.01. The largest absolute Gasteiger partial charge is 0.392 e. The van der Waals surface area contributed by atoms with Crippen LogP contribution in [-0.4, -0.2) is 47.5 Å². The number of piperidine rings is 1. The number of methoxy groups -OCH3 is 1. The van der Waals surface area contributed by atoms with Crippen molar-refractivity contribution in [3.8, 4) is 0 Å². The highest BCUT2D eigenvalue weighted by Gasteiger charge is 2.55. The Bertz CT molecular complexity index is 540. The molecular formula is C16H23N3O2. The summed E-state index contributed by atoms with van der Waals surface area (Å²) in [6, 6.07) is 0. The molecule has 2 aliphatic carbocycles. The van der Waals surface area contributed by atoms with Crippen LogP contribution in [-0.2, 0) is 17.6 Å². The van der Waals surface area contributed by atoms with Gasteiger partial charge in [-0.1, -0.05) is 0 Å². The smallest absolute Gasteiger partial charge is 0.135 e. The maximum absolute atomic E-state index is 10.2. The van der Waals surface area contributed by atoms with E-state index in [0.29, 0.717) is 0 Å². The molecule has 2 heterocycles. The van der Waals surface area contributed by atoms with E-state index >= 15 is 0 Å². The Kier molecular flexibility index (Phi) is 3.15. The van der Waals surface area contributed by atoms with Gasteiger partial charge in [0.15, 0.2) is 0 Å². The highest BCUT2D eigenvalue weighted by molar-refractivity contribution is 5.51. The minimum absolute atomic E-state index is 0.0124. The quantitative estimate of drug-likeness (QED) is 0.890. The zero-order chi connectivity index (χ0) is 14.4. The molecular weight excluding hydrogens is 266 g/mol. The number of aromatic nitrogens is 2. The van der Waals surface area contributed by atoms with Gasteiger partial charge in [-0.05, 0) is 32.1 Å². The van der Waals surface area contributed by atoms with E-state index in [-0.39, 0.29) is 17.6 Å². The van der Waals surface area contributed by atoms with Crippen molar-refractivity contribution in [2.75, 3.05) is 25.1 Å². The van der Waals surface area contributed by atoms with Crippen molar-refractivity contribution in [3.05, 3.63) is 17.6 Å². The van der Waals surface area contributed by atoms with Gasteiger partial charge in [-0.15, -0.1) is 0 Å². The molecule has 0 bridgehead atoms. The summed E-state index contributed by atoms with van der Waals surface area (Å²) in [4.78, 5) is 11.3. The normalized spacial score (nSPS) is 30.3. The highest BCUT2D eigenvalue weighted by Crippen LogP contribution is 2.51. The minimum atomic E-state index is -0.194. The summed E-state index contributed by atoms with van der Waals surface area (Å²) in [5, 5.41) is 10.2. The lowest BCUT2D eigenvalue weighted by atomic mass is 9.58. The van der Waals surface area contributed by atoms with E-state index in [1.807, 2.05) is 0 Å². The predicted molar refractivity (Wildman–Crippen MR) is 79.4 cm³/mol. The van der Waals surface area contributed by atoms with E-state index in [0.717, 1.165) is 51.0 Å². The Labute approximate surface area is 125 Å². The third-order valence-electron chi connectivity index (χ3n) is 5.87. The fourth-order valence-electron chi connectivity index (χ4n) is 4.46. The molecule has 2 atom stereocenters. The van der Waals surface area contributed by atoms with Crippen LogP contribution < -0.4 is 4.90 Å². The number of fused-ring (bicyclic) bond motifs is 1. The van der Waals surface area contributed by atoms with E-state index in [4.69, 9.17) is 4.74 Å². The molecule has 0 unspecified atom stereocenters. The monoisotopic (exact) mass is 289 g/mol. The lowest BCUT2D eigenvalue weighted by Gasteiger charge is -2.56. The topological polar surface area (TPSA) is 58.5 Å². The summed E-state index contributed by atoms with van der Waals surface area (Å²) in [5.74, 6) is 1.13. The predicted octanol–water partition coefficient (Wildman–Crippen LogP) is 1.33. The number of aliphatic hydroxyl groups is 1. The van der Waals surface area contributed by atoms with Crippen LogP contribution in [0.1, 0.15) is 36.9 Å². The van der Waals surface area contributed by atoms with Crippen LogP contribution in [0.15, 0.2) is 6.33 Å². The zero-order valence-electron chi connectivity index (χ0n) is 12.6. The third kappa shape index (κ3) is 1.90. The molecule has 5 heteroatoms. The van der Waals surface area contributed by atoms with Gasteiger partial charge in [-0.25, -0.2) is 9.97 Å². The Hall–Kier alpha value is -1.20. The van der Waals surface area contributed by atoms with Gasteiger partial charge in [0.1, 0.15) is 12.1 Å². The van der Waals surface area contributed by atoms with Gasteiger partial charge in [-0.3, -0.25) is 0 Å². The van der Waals surface area contributed by atoms with Crippen LogP contribution in [0.4, 0.5) is 5.82 Å². The maximum Gasteiger partial charge on any atom is 0.135 e. The fourth-order valence-corrected chi connectivity index (χ4v) is 4.46. The number of aliphatic hydroxyl groups excluding tert-OH is 1.